The first kappa shape index (κ1) is 12.6. The summed E-state index contributed by atoms with van der Waals surface area (Å²) in [6.45, 7) is 1.48. The molecule has 4 heteroatoms. The van der Waals surface area contributed by atoms with E-state index >= 15 is 0 Å². The lowest BCUT2D eigenvalue weighted by molar-refractivity contribution is -0.142. The van der Waals surface area contributed by atoms with Gasteiger partial charge in [0.15, 0.2) is 0 Å². The summed E-state index contributed by atoms with van der Waals surface area (Å²) in [5.74, 6) is -1.26. The van der Waals surface area contributed by atoms with Gasteiger partial charge in [0.1, 0.15) is 6.04 Å². The van der Waals surface area contributed by atoms with Gasteiger partial charge in [-0.2, -0.15) is 0 Å². The summed E-state index contributed by atoms with van der Waals surface area (Å²) in [7, 11) is 0. The van der Waals surface area contributed by atoms with Crippen LogP contribution in [-0.4, -0.2) is 23.0 Å². The van der Waals surface area contributed by atoms with Crippen LogP contribution in [0.4, 0.5) is 0 Å². The molecule has 0 radical (unpaired) electrons. The quantitative estimate of drug-likeness (QED) is 0.848. The summed E-state index contributed by atoms with van der Waals surface area (Å²) in [6.07, 6.45) is 2.37. The van der Waals surface area contributed by atoms with E-state index in [1.165, 1.54) is 18.1 Å². The highest BCUT2D eigenvalue weighted by atomic mass is 16.4. The molecular formula is C14H17NO3. The van der Waals surface area contributed by atoms with Crippen LogP contribution >= 0.6 is 0 Å². The van der Waals surface area contributed by atoms with E-state index in [9.17, 15) is 9.59 Å². The SMILES string of the molecule is C[C@H](NC(=O)C1CCc2ccccc2C1)C(=O)O. The molecule has 0 aliphatic heterocycles. The second-order valence-corrected chi connectivity index (χ2v) is 4.78. The Balaban J connectivity index is 2.00. The summed E-state index contributed by atoms with van der Waals surface area (Å²) < 4.78 is 0. The molecule has 1 aromatic carbocycles. The monoisotopic (exact) mass is 247 g/mol. The molecular weight excluding hydrogens is 230 g/mol. The van der Waals surface area contributed by atoms with Crippen molar-refractivity contribution in [2.75, 3.05) is 0 Å². The van der Waals surface area contributed by atoms with Crippen LogP contribution in [0.25, 0.3) is 0 Å². The first-order valence-electron chi connectivity index (χ1n) is 6.18. The van der Waals surface area contributed by atoms with Crippen molar-refractivity contribution in [3.8, 4) is 0 Å². The Morgan fingerprint density at radius 2 is 2.00 bits per heavy atom. The van der Waals surface area contributed by atoms with Crippen LogP contribution in [0.5, 0.6) is 0 Å². The van der Waals surface area contributed by atoms with E-state index in [2.05, 4.69) is 11.4 Å². The third-order valence-corrected chi connectivity index (χ3v) is 3.45. The van der Waals surface area contributed by atoms with Crippen molar-refractivity contribution in [3.05, 3.63) is 35.4 Å². The van der Waals surface area contributed by atoms with Crippen molar-refractivity contribution in [2.24, 2.45) is 5.92 Å². The first-order valence-corrected chi connectivity index (χ1v) is 6.18. The number of hydrogen-bond acceptors (Lipinski definition) is 2. The summed E-state index contributed by atoms with van der Waals surface area (Å²) in [6, 6.07) is 7.28. The zero-order valence-corrected chi connectivity index (χ0v) is 10.3. The smallest absolute Gasteiger partial charge is 0.325 e. The van der Waals surface area contributed by atoms with E-state index in [1.54, 1.807) is 0 Å². The fourth-order valence-electron chi connectivity index (χ4n) is 2.31. The fourth-order valence-corrected chi connectivity index (χ4v) is 2.31. The number of carbonyl (C=O) groups excluding carboxylic acids is 1. The first-order chi connectivity index (χ1) is 8.58. The number of carboxylic acids is 1. The maximum atomic E-state index is 11.9. The van der Waals surface area contributed by atoms with Crippen molar-refractivity contribution in [1.29, 1.82) is 0 Å². The van der Waals surface area contributed by atoms with Crippen LogP contribution in [0, 0.1) is 5.92 Å². The molecule has 0 saturated heterocycles. The zero-order valence-electron chi connectivity index (χ0n) is 10.3. The molecule has 2 rings (SSSR count). The molecule has 18 heavy (non-hydrogen) atoms. The van der Waals surface area contributed by atoms with Gasteiger partial charge in [0, 0.05) is 5.92 Å². The highest BCUT2D eigenvalue weighted by Gasteiger charge is 2.26. The number of amides is 1. The lowest BCUT2D eigenvalue weighted by Gasteiger charge is -2.24. The third-order valence-electron chi connectivity index (χ3n) is 3.45. The molecule has 0 spiro atoms. The maximum absolute atomic E-state index is 11.9. The van der Waals surface area contributed by atoms with Crippen molar-refractivity contribution in [3.63, 3.8) is 0 Å². The van der Waals surface area contributed by atoms with Gasteiger partial charge in [-0.1, -0.05) is 24.3 Å². The van der Waals surface area contributed by atoms with E-state index in [4.69, 9.17) is 5.11 Å². The molecule has 0 bridgehead atoms. The van der Waals surface area contributed by atoms with Crippen molar-refractivity contribution >= 4 is 11.9 Å². The molecule has 1 aliphatic rings. The molecule has 2 N–H and O–H groups in total. The minimum Gasteiger partial charge on any atom is -0.480 e. The Hall–Kier alpha value is -1.84. The number of carbonyl (C=O) groups is 2. The van der Waals surface area contributed by atoms with Crippen LogP contribution in [0.3, 0.4) is 0 Å². The lowest BCUT2D eigenvalue weighted by atomic mass is 9.83. The number of benzene rings is 1. The molecule has 0 aromatic heterocycles. The Morgan fingerprint density at radius 1 is 1.33 bits per heavy atom. The number of carboxylic acid groups (broad SMARTS) is 1. The summed E-state index contributed by atoms with van der Waals surface area (Å²) >= 11 is 0. The topological polar surface area (TPSA) is 66.4 Å². The molecule has 1 aliphatic carbocycles. The highest BCUT2D eigenvalue weighted by molar-refractivity contribution is 5.85. The van der Waals surface area contributed by atoms with Gasteiger partial charge in [-0.3, -0.25) is 9.59 Å². The van der Waals surface area contributed by atoms with Gasteiger partial charge in [-0.25, -0.2) is 0 Å². The summed E-state index contributed by atoms with van der Waals surface area (Å²) in [5.41, 5.74) is 2.50. The van der Waals surface area contributed by atoms with Gasteiger partial charge in [0.25, 0.3) is 0 Å². The second kappa shape index (κ2) is 5.21. The number of hydrogen-bond donors (Lipinski definition) is 2. The molecule has 0 fully saturated rings. The van der Waals surface area contributed by atoms with Gasteiger partial charge >= 0.3 is 5.97 Å². The Bertz CT molecular complexity index is 470. The van der Waals surface area contributed by atoms with E-state index in [-0.39, 0.29) is 11.8 Å². The third kappa shape index (κ3) is 2.70. The molecule has 0 heterocycles. The Kier molecular flexibility index (Phi) is 3.65. The van der Waals surface area contributed by atoms with Crippen molar-refractivity contribution < 1.29 is 14.7 Å². The number of rotatable bonds is 3. The molecule has 0 saturated carbocycles. The van der Waals surface area contributed by atoms with E-state index in [1.807, 2.05) is 18.2 Å². The standard InChI is InChI=1S/C14H17NO3/c1-9(14(17)18)15-13(16)12-7-6-10-4-2-3-5-11(10)8-12/h2-5,9,12H,6-8H2,1H3,(H,15,16)(H,17,18)/t9-,12?/m0/s1. The van der Waals surface area contributed by atoms with Gasteiger partial charge in [-0.05, 0) is 37.3 Å². The Labute approximate surface area is 106 Å². The average molecular weight is 247 g/mol. The lowest BCUT2D eigenvalue weighted by Crippen LogP contribution is -2.43. The highest BCUT2D eigenvalue weighted by Crippen LogP contribution is 2.25. The minimum atomic E-state index is -1.00. The summed E-state index contributed by atoms with van der Waals surface area (Å²) in [4.78, 5) is 22.6. The molecule has 1 amide bonds. The largest absolute Gasteiger partial charge is 0.480 e. The van der Waals surface area contributed by atoms with Gasteiger partial charge in [-0.15, -0.1) is 0 Å². The van der Waals surface area contributed by atoms with Crippen molar-refractivity contribution in [1.82, 2.24) is 5.32 Å². The van der Waals surface area contributed by atoms with E-state index in [0.717, 1.165) is 12.8 Å². The number of fused-ring (bicyclic) bond motifs is 1. The van der Waals surface area contributed by atoms with Crippen molar-refractivity contribution in [2.45, 2.75) is 32.2 Å². The molecule has 4 nitrogen and oxygen atoms in total. The second-order valence-electron chi connectivity index (χ2n) is 4.78. The zero-order chi connectivity index (χ0) is 13.1. The van der Waals surface area contributed by atoms with Gasteiger partial charge < -0.3 is 10.4 Å². The number of aliphatic carboxylic acids is 1. The van der Waals surface area contributed by atoms with Crippen LogP contribution < -0.4 is 5.32 Å². The van der Waals surface area contributed by atoms with Crippen LogP contribution in [-0.2, 0) is 22.4 Å². The molecule has 1 aromatic rings. The number of aryl methyl sites for hydroxylation is 1. The predicted molar refractivity (Wildman–Crippen MR) is 67.2 cm³/mol. The number of nitrogens with one attached hydrogen (secondary N) is 1. The molecule has 1 unspecified atom stereocenters. The van der Waals surface area contributed by atoms with Crippen LogP contribution in [0.15, 0.2) is 24.3 Å². The minimum absolute atomic E-state index is 0.110. The van der Waals surface area contributed by atoms with Gasteiger partial charge in [0.05, 0.1) is 0 Å². The van der Waals surface area contributed by atoms with Crippen LogP contribution in [0.1, 0.15) is 24.5 Å². The average Bonchev–Trinajstić information content (AvgIpc) is 2.37. The van der Waals surface area contributed by atoms with Gasteiger partial charge in [0.2, 0.25) is 5.91 Å². The van der Waals surface area contributed by atoms with E-state index in [0.29, 0.717) is 6.42 Å². The molecule has 96 valence electrons. The summed E-state index contributed by atoms with van der Waals surface area (Å²) in [5, 5.41) is 11.3. The van der Waals surface area contributed by atoms with E-state index < -0.39 is 12.0 Å². The maximum Gasteiger partial charge on any atom is 0.325 e. The Morgan fingerprint density at radius 3 is 2.67 bits per heavy atom. The predicted octanol–water partition coefficient (Wildman–Crippen LogP) is 1.38. The van der Waals surface area contributed by atoms with Crippen LogP contribution in [0.2, 0.25) is 0 Å². The fraction of sp³-hybridized carbons (Fsp3) is 0.429. The molecule has 2 atom stereocenters. The normalized spacial score (nSPS) is 19.7.